The minimum Gasteiger partial charge on any atom is -0.461 e. The first kappa shape index (κ1) is 12.3. The third kappa shape index (κ3) is 1.75. The standard InChI is InChI=1S/C15H11NO4/c1-9-4-2-5-10-13(9)16(15(19)14(10)18)8-11(17)12-6-3-7-20-12/h2-7H,8H2,1H3. The smallest absolute Gasteiger partial charge is 0.299 e. The molecule has 1 aromatic heterocycles. The SMILES string of the molecule is Cc1cccc2c1N(CC(=O)c1ccco1)C(=O)C2=O. The van der Waals surface area contributed by atoms with Crippen LogP contribution in [0.15, 0.2) is 41.0 Å². The van der Waals surface area contributed by atoms with Crippen LogP contribution in [0.4, 0.5) is 5.69 Å². The lowest BCUT2D eigenvalue weighted by Gasteiger charge is -2.16. The Bertz CT molecular complexity index is 715. The van der Waals surface area contributed by atoms with Gasteiger partial charge in [0.25, 0.3) is 11.7 Å². The van der Waals surface area contributed by atoms with Crippen LogP contribution in [-0.4, -0.2) is 24.0 Å². The zero-order chi connectivity index (χ0) is 14.3. The maximum Gasteiger partial charge on any atom is 0.299 e. The number of amides is 1. The summed E-state index contributed by atoms with van der Waals surface area (Å²) >= 11 is 0. The number of furan rings is 1. The Hall–Kier alpha value is -2.69. The van der Waals surface area contributed by atoms with Gasteiger partial charge in [0.2, 0.25) is 5.78 Å². The molecule has 5 nitrogen and oxygen atoms in total. The van der Waals surface area contributed by atoms with Crippen molar-refractivity contribution < 1.29 is 18.8 Å². The highest BCUT2D eigenvalue weighted by atomic mass is 16.3. The number of aryl methyl sites for hydroxylation is 1. The number of rotatable bonds is 3. The molecule has 0 unspecified atom stereocenters. The fourth-order valence-electron chi connectivity index (χ4n) is 2.35. The number of anilines is 1. The fourth-order valence-corrected chi connectivity index (χ4v) is 2.35. The average molecular weight is 269 g/mol. The predicted molar refractivity (Wildman–Crippen MR) is 70.9 cm³/mol. The Kier molecular flexibility index (Phi) is 2.75. The molecule has 0 saturated carbocycles. The minimum absolute atomic E-state index is 0.173. The van der Waals surface area contributed by atoms with E-state index in [2.05, 4.69) is 0 Å². The summed E-state index contributed by atoms with van der Waals surface area (Å²) in [5.74, 6) is -1.41. The lowest BCUT2D eigenvalue weighted by atomic mass is 10.1. The van der Waals surface area contributed by atoms with Gasteiger partial charge >= 0.3 is 0 Å². The summed E-state index contributed by atoms with van der Waals surface area (Å²) in [6.07, 6.45) is 1.39. The molecule has 20 heavy (non-hydrogen) atoms. The van der Waals surface area contributed by atoms with Gasteiger partial charge in [-0.1, -0.05) is 12.1 Å². The molecule has 0 spiro atoms. The third-order valence-electron chi connectivity index (χ3n) is 3.29. The van der Waals surface area contributed by atoms with Crippen molar-refractivity contribution in [3.63, 3.8) is 0 Å². The summed E-state index contributed by atoms with van der Waals surface area (Å²) in [6.45, 7) is 1.60. The topological polar surface area (TPSA) is 67.6 Å². The number of hydrogen-bond donors (Lipinski definition) is 0. The fraction of sp³-hybridized carbons (Fsp3) is 0.133. The van der Waals surface area contributed by atoms with Crippen molar-refractivity contribution in [3.8, 4) is 0 Å². The van der Waals surface area contributed by atoms with Crippen LogP contribution in [0.25, 0.3) is 0 Å². The van der Waals surface area contributed by atoms with Crippen LogP contribution >= 0.6 is 0 Å². The predicted octanol–water partition coefficient (Wildman–Crippen LogP) is 2.00. The number of nitrogens with zero attached hydrogens (tertiary/aromatic N) is 1. The number of fused-ring (bicyclic) bond motifs is 1. The molecule has 5 heteroatoms. The first-order valence-electron chi connectivity index (χ1n) is 6.12. The number of Topliss-reactive ketones (excluding diaryl/α,β-unsaturated/α-hetero) is 2. The van der Waals surface area contributed by atoms with Gasteiger partial charge in [-0.05, 0) is 30.7 Å². The van der Waals surface area contributed by atoms with Gasteiger partial charge in [0, 0.05) is 0 Å². The molecule has 0 saturated heterocycles. The molecule has 0 bridgehead atoms. The summed E-state index contributed by atoms with van der Waals surface area (Å²) in [5.41, 5.74) is 1.65. The third-order valence-corrected chi connectivity index (χ3v) is 3.29. The van der Waals surface area contributed by atoms with E-state index in [1.807, 2.05) is 0 Å². The zero-order valence-electron chi connectivity index (χ0n) is 10.8. The van der Waals surface area contributed by atoms with Crippen LogP contribution in [0, 0.1) is 6.92 Å². The van der Waals surface area contributed by atoms with Gasteiger partial charge in [-0.2, -0.15) is 0 Å². The molecule has 100 valence electrons. The van der Waals surface area contributed by atoms with E-state index in [9.17, 15) is 14.4 Å². The van der Waals surface area contributed by atoms with Crippen molar-refractivity contribution in [2.24, 2.45) is 0 Å². The Morgan fingerprint density at radius 2 is 2.00 bits per heavy atom. The Morgan fingerprint density at radius 3 is 2.70 bits per heavy atom. The van der Waals surface area contributed by atoms with Gasteiger partial charge in [-0.3, -0.25) is 19.3 Å². The molecule has 1 amide bonds. The number of benzene rings is 1. The summed E-state index contributed by atoms with van der Waals surface area (Å²) in [7, 11) is 0. The lowest BCUT2D eigenvalue weighted by Crippen LogP contribution is -2.34. The molecule has 3 rings (SSSR count). The van der Waals surface area contributed by atoms with Crippen LogP contribution in [0.5, 0.6) is 0 Å². The van der Waals surface area contributed by atoms with Gasteiger partial charge in [0.1, 0.15) is 0 Å². The van der Waals surface area contributed by atoms with Gasteiger partial charge in [-0.25, -0.2) is 0 Å². The monoisotopic (exact) mass is 269 g/mol. The molecule has 0 aliphatic carbocycles. The summed E-state index contributed by atoms with van der Waals surface area (Å²) < 4.78 is 5.01. The summed E-state index contributed by atoms with van der Waals surface area (Å²) in [5, 5.41) is 0. The number of carbonyl (C=O) groups is 3. The van der Waals surface area contributed by atoms with Crippen LogP contribution in [0.3, 0.4) is 0 Å². The first-order chi connectivity index (χ1) is 9.59. The maximum absolute atomic E-state index is 12.0. The number of hydrogen-bond acceptors (Lipinski definition) is 4. The van der Waals surface area contributed by atoms with E-state index in [-0.39, 0.29) is 18.1 Å². The van der Waals surface area contributed by atoms with Gasteiger partial charge < -0.3 is 4.42 Å². The molecule has 0 radical (unpaired) electrons. The molecule has 0 atom stereocenters. The molecule has 0 N–H and O–H groups in total. The molecule has 1 aliphatic rings. The van der Waals surface area contributed by atoms with Crippen molar-refractivity contribution in [1.82, 2.24) is 0 Å². The van der Waals surface area contributed by atoms with Crippen LogP contribution < -0.4 is 4.90 Å². The molecule has 1 aliphatic heterocycles. The molecular weight excluding hydrogens is 258 g/mol. The number of para-hydroxylation sites is 1. The van der Waals surface area contributed by atoms with Crippen molar-refractivity contribution in [2.75, 3.05) is 11.4 Å². The average Bonchev–Trinajstić information content (AvgIpc) is 3.03. The summed E-state index contributed by atoms with van der Waals surface area (Å²) in [6, 6.07) is 8.25. The Labute approximate surface area is 114 Å². The normalized spacial score (nSPS) is 13.8. The molecule has 2 aromatic rings. The summed E-state index contributed by atoms with van der Waals surface area (Å²) in [4.78, 5) is 37.2. The maximum atomic E-state index is 12.0. The van der Waals surface area contributed by atoms with E-state index in [0.29, 0.717) is 11.3 Å². The molecule has 2 heterocycles. The second-order valence-corrected chi connectivity index (χ2v) is 4.59. The minimum atomic E-state index is -0.672. The number of ketones is 2. The van der Waals surface area contributed by atoms with Crippen LogP contribution in [0.1, 0.15) is 26.5 Å². The van der Waals surface area contributed by atoms with Crippen LogP contribution in [0.2, 0.25) is 0 Å². The van der Waals surface area contributed by atoms with E-state index >= 15 is 0 Å². The van der Waals surface area contributed by atoms with E-state index in [0.717, 1.165) is 5.56 Å². The number of carbonyl (C=O) groups excluding carboxylic acids is 3. The van der Waals surface area contributed by atoms with E-state index in [4.69, 9.17) is 4.42 Å². The van der Waals surface area contributed by atoms with E-state index < -0.39 is 11.7 Å². The second-order valence-electron chi connectivity index (χ2n) is 4.59. The Balaban J connectivity index is 1.97. The van der Waals surface area contributed by atoms with E-state index in [1.54, 1.807) is 31.2 Å². The molecular formula is C15H11NO4. The quantitative estimate of drug-likeness (QED) is 0.631. The van der Waals surface area contributed by atoms with Gasteiger partial charge in [0.15, 0.2) is 5.76 Å². The molecule has 1 aromatic carbocycles. The van der Waals surface area contributed by atoms with Gasteiger partial charge in [-0.15, -0.1) is 0 Å². The first-order valence-corrected chi connectivity index (χ1v) is 6.12. The second kappa shape index (κ2) is 4.45. The Morgan fingerprint density at radius 1 is 1.20 bits per heavy atom. The van der Waals surface area contributed by atoms with Crippen molar-refractivity contribution in [2.45, 2.75) is 6.92 Å². The van der Waals surface area contributed by atoms with Crippen molar-refractivity contribution in [3.05, 3.63) is 53.5 Å². The molecule has 0 fully saturated rings. The largest absolute Gasteiger partial charge is 0.461 e. The highest BCUT2D eigenvalue weighted by Crippen LogP contribution is 2.32. The van der Waals surface area contributed by atoms with E-state index in [1.165, 1.54) is 17.2 Å². The van der Waals surface area contributed by atoms with Crippen molar-refractivity contribution in [1.29, 1.82) is 0 Å². The van der Waals surface area contributed by atoms with Crippen molar-refractivity contribution >= 4 is 23.2 Å². The lowest BCUT2D eigenvalue weighted by molar-refractivity contribution is -0.114. The van der Waals surface area contributed by atoms with Gasteiger partial charge in [0.05, 0.1) is 24.1 Å². The highest BCUT2D eigenvalue weighted by molar-refractivity contribution is 6.52. The zero-order valence-corrected chi connectivity index (χ0v) is 10.8. The van der Waals surface area contributed by atoms with Crippen LogP contribution in [-0.2, 0) is 4.79 Å². The highest BCUT2D eigenvalue weighted by Gasteiger charge is 2.38.